The Hall–Kier alpha value is -2.18. The fourth-order valence-corrected chi connectivity index (χ4v) is 4.13. The van der Waals surface area contributed by atoms with Gasteiger partial charge in [0.25, 0.3) is 5.91 Å². The summed E-state index contributed by atoms with van der Waals surface area (Å²) in [6.07, 6.45) is 0. The number of nitrogens with one attached hydrogen (secondary N) is 2. The fraction of sp³-hybridized carbons (Fsp3) is 0.235. The van der Waals surface area contributed by atoms with Crippen LogP contribution in [0.15, 0.2) is 53.4 Å². The van der Waals surface area contributed by atoms with Crippen molar-refractivity contribution in [3.8, 4) is 0 Å². The molecule has 2 aromatic rings. The number of hydrogen-bond donors (Lipinski definition) is 2. The zero-order valence-electron chi connectivity index (χ0n) is 12.7. The van der Waals surface area contributed by atoms with Gasteiger partial charge in [0.15, 0.2) is 0 Å². The number of sulfonamides is 1. The molecule has 0 aliphatic carbocycles. The van der Waals surface area contributed by atoms with E-state index in [1.165, 1.54) is 0 Å². The smallest absolute Gasteiger partial charge is 0.251 e. The second-order valence-corrected chi connectivity index (χ2v) is 7.35. The first-order valence-electron chi connectivity index (χ1n) is 7.41. The van der Waals surface area contributed by atoms with Gasteiger partial charge in [-0.05, 0) is 30.2 Å². The molecule has 2 N–H and O–H groups in total. The predicted molar refractivity (Wildman–Crippen MR) is 87.9 cm³/mol. The number of aryl methyl sites for hydroxylation is 1. The van der Waals surface area contributed by atoms with Gasteiger partial charge in [-0.3, -0.25) is 4.79 Å². The molecule has 0 saturated carbocycles. The van der Waals surface area contributed by atoms with E-state index in [0.29, 0.717) is 17.7 Å². The highest BCUT2D eigenvalue weighted by Crippen LogP contribution is 2.24. The second kappa shape index (κ2) is 6.14. The highest BCUT2D eigenvalue weighted by atomic mass is 32.2. The summed E-state index contributed by atoms with van der Waals surface area (Å²) in [7, 11) is -3.57. The summed E-state index contributed by atoms with van der Waals surface area (Å²) in [4.78, 5) is 12.1. The normalized spacial score (nSPS) is 17.4. The van der Waals surface area contributed by atoms with Gasteiger partial charge in [-0.25, -0.2) is 13.1 Å². The lowest BCUT2D eigenvalue weighted by atomic mass is 9.91. The largest absolute Gasteiger partial charge is 0.351 e. The topological polar surface area (TPSA) is 75.3 Å². The van der Waals surface area contributed by atoms with Crippen LogP contribution in [-0.4, -0.2) is 27.4 Å². The number of fused-ring (bicyclic) bond motifs is 1. The minimum Gasteiger partial charge on any atom is -0.351 e. The molecule has 120 valence electrons. The van der Waals surface area contributed by atoms with Crippen LogP contribution in [-0.2, 0) is 10.0 Å². The Morgan fingerprint density at radius 2 is 1.83 bits per heavy atom. The summed E-state index contributed by atoms with van der Waals surface area (Å²) in [5.74, 6) is -0.193. The zero-order valence-corrected chi connectivity index (χ0v) is 13.6. The van der Waals surface area contributed by atoms with Gasteiger partial charge in [0, 0.05) is 24.6 Å². The Labute approximate surface area is 135 Å². The highest BCUT2D eigenvalue weighted by molar-refractivity contribution is 7.89. The lowest BCUT2D eigenvalue weighted by Gasteiger charge is -2.26. The standard InChI is InChI=1S/C17H18N2O3S/c1-12-6-2-5-9-16(12)23(21,22)19-11-13-10-18-17(20)15-8-4-3-7-14(13)15/h2-9,13,19H,10-11H2,1H3,(H,18,20). The molecule has 2 aromatic carbocycles. The van der Waals surface area contributed by atoms with Crippen molar-refractivity contribution in [3.63, 3.8) is 0 Å². The monoisotopic (exact) mass is 330 g/mol. The summed E-state index contributed by atoms with van der Waals surface area (Å²) in [5.41, 5.74) is 2.19. The third-order valence-corrected chi connectivity index (χ3v) is 5.64. The van der Waals surface area contributed by atoms with E-state index in [2.05, 4.69) is 10.0 Å². The van der Waals surface area contributed by atoms with Gasteiger partial charge in [-0.2, -0.15) is 0 Å². The number of amides is 1. The quantitative estimate of drug-likeness (QED) is 0.897. The zero-order chi connectivity index (χ0) is 16.4. The van der Waals surface area contributed by atoms with Crippen LogP contribution in [0.1, 0.15) is 27.4 Å². The average molecular weight is 330 g/mol. The van der Waals surface area contributed by atoms with Crippen molar-refractivity contribution in [3.05, 3.63) is 65.2 Å². The Balaban J connectivity index is 1.81. The molecule has 1 unspecified atom stereocenters. The van der Waals surface area contributed by atoms with Crippen molar-refractivity contribution in [2.45, 2.75) is 17.7 Å². The fourth-order valence-electron chi connectivity index (χ4n) is 2.81. The second-order valence-electron chi connectivity index (χ2n) is 5.61. The van der Waals surface area contributed by atoms with E-state index in [-0.39, 0.29) is 23.3 Å². The Kier molecular flexibility index (Phi) is 4.19. The third-order valence-electron chi connectivity index (χ3n) is 4.06. The predicted octanol–water partition coefficient (Wildman–Crippen LogP) is 1.80. The maximum Gasteiger partial charge on any atom is 0.251 e. The first-order valence-corrected chi connectivity index (χ1v) is 8.90. The van der Waals surface area contributed by atoms with Gasteiger partial charge >= 0.3 is 0 Å². The molecule has 1 amide bonds. The van der Waals surface area contributed by atoms with Crippen molar-refractivity contribution in [1.29, 1.82) is 0 Å². The number of carbonyl (C=O) groups is 1. The van der Waals surface area contributed by atoms with Crippen LogP contribution in [0.3, 0.4) is 0 Å². The summed E-state index contributed by atoms with van der Waals surface area (Å²) in [6, 6.07) is 14.2. The highest BCUT2D eigenvalue weighted by Gasteiger charge is 2.26. The molecule has 1 aliphatic heterocycles. The molecule has 1 atom stereocenters. The Morgan fingerprint density at radius 3 is 2.61 bits per heavy atom. The van der Waals surface area contributed by atoms with E-state index in [9.17, 15) is 13.2 Å². The van der Waals surface area contributed by atoms with E-state index in [0.717, 1.165) is 5.56 Å². The molecule has 0 aromatic heterocycles. The van der Waals surface area contributed by atoms with Crippen molar-refractivity contribution in [2.75, 3.05) is 13.1 Å². The van der Waals surface area contributed by atoms with E-state index < -0.39 is 10.0 Å². The lowest BCUT2D eigenvalue weighted by Crippen LogP contribution is -2.40. The molecular weight excluding hydrogens is 312 g/mol. The summed E-state index contributed by atoms with van der Waals surface area (Å²) in [6.45, 7) is 2.44. The summed E-state index contributed by atoms with van der Waals surface area (Å²) < 4.78 is 27.6. The molecule has 1 aliphatic rings. The summed E-state index contributed by atoms with van der Waals surface area (Å²) in [5, 5.41) is 2.80. The molecule has 3 rings (SSSR count). The molecule has 23 heavy (non-hydrogen) atoms. The molecule has 0 spiro atoms. The van der Waals surface area contributed by atoms with Gasteiger partial charge in [-0.15, -0.1) is 0 Å². The minimum atomic E-state index is -3.57. The van der Waals surface area contributed by atoms with Crippen LogP contribution in [0, 0.1) is 6.92 Å². The molecular formula is C17H18N2O3S. The minimum absolute atomic E-state index is 0.0808. The van der Waals surface area contributed by atoms with Gasteiger partial charge < -0.3 is 5.32 Å². The molecule has 0 bridgehead atoms. The first kappa shape index (κ1) is 15.7. The van der Waals surface area contributed by atoms with Crippen LogP contribution in [0.4, 0.5) is 0 Å². The molecule has 5 nitrogen and oxygen atoms in total. The SMILES string of the molecule is Cc1ccccc1S(=O)(=O)NCC1CNC(=O)c2ccccc21. The van der Waals surface area contributed by atoms with Crippen molar-refractivity contribution >= 4 is 15.9 Å². The first-order chi connectivity index (χ1) is 11.0. The van der Waals surface area contributed by atoms with Crippen LogP contribution in [0.25, 0.3) is 0 Å². The molecule has 1 heterocycles. The third kappa shape index (κ3) is 3.13. The van der Waals surface area contributed by atoms with E-state index >= 15 is 0 Å². The van der Waals surface area contributed by atoms with E-state index in [1.54, 1.807) is 43.3 Å². The Morgan fingerprint density at radius 1 is 1.13 bits per heavy atom. The molecule has 0 saturated heterocycles. The van der Waals surface area contributed by atoms with Crippen LogP contribution < -0.4 is 10.0 Å². The van der Waals surface area contributed by atoms with Gasteiger partial charge in [0.2, 0.25) is 10.0 Å². The average Bonchev–Trinajstić information content (AvgIpc) is 2.55. The summed E-state index contributed by atoms with van der Waals surface area (Å²) >= 11 is 0. The van der Waals surface area contributed by atoms with Crippen molar-refractivity contribution in [2.24, 2.45) is 0 Å². The van der Waals surface area contributed by atoms with Gasteiger partial charge in [0.05, 0.1) is 4.90 Å². The van der Waals surface area contributed by atoms with Crippen molar-refractivity contribution < 1.29 is 13.2 Å². The van der Waals surface area contributed by atoms with Crippen LogP contribution in [0.5, 0.6) is 0 Å². The van der Waals surface area contributed by atoms with E-state index in [4.69, 9.17) is 0 Å². The van der Waals surface area contributed by atoms with Crippen molar-refractivity contribution in [1.82, 2.24) is 10.0 Å². The molecule has 0 fully saturated rings. The number of rotatable bonds is 4. The van der Waals surface area contributed by atoms with E-state index in [1.807, 2.05) is 12.1 Å². The van der Waals surface area contributed by atoms with Crippen LogP contribution >= 0.6 is 0 Å². The van der Waals surface area contributed by atoms with Gasteiger partial charge in [0.1, 0.15) is 0 Å². The molecule has 0 radical (unpaired) electrons. The number of hydrogen-bond acceptors (Lipinski definition) is 3. The maximum absolute atomic E-state index is 12.5. The maximum atomic E-state index is 12.5. The van der Waals surface area contributed by atoms with Crippen LogP contribution in [0.2, 0.25) is 0 Å². The number of carbonyl (C=O) groups excluding carboxylic acids is 1. The Bertz CT molecular complexity index is 846. The number of benzene rings is 2. The lowest BCUT2D eigenvalue weighted by molar-refractivity contribution is 0.0940. The molecule has 6 heteroatoms. The van der Waals surface area contributed by atoms with Gasteiger partial charge in [-0.1, -0.05) is 36.4 Å².